The van der Waals surface area contributed by atoms with Gasteiger partial charge in [0.2, 0.25) is 0 Å². The number of fused-ring (bicyclic) bond motifs is 5. The zero-order valence-corrected chi connectivity index (χ0v) is 19.1. The molecule has 5 aliphatic rings. The Kier molecular flexibility index (Phi) is 5.36. The normalized spacial score (nSPS) is 49.4. The largest absolute Gasteiger partial charge is 0.396 e. The summed E-state index contributed by atoms with van der Waals surface area (Å²) >= 11 is 0. The molecule has 0 aromatic carbocycles. The molecule has 1 saturated heterocycles. The van der Waals surface area contributed by atoms with Gasteiger partial charge in [-0.1, -0.05) is 20.8 Å². The lowest BCUT2D eigenvalue weighted by molar-refractivity contribution is -0.229. The maximum absolute atomic E-state index is 9.31. The lowest BCUT2D eigenvalue weighted by Crippen LogP contribution is -2.56. The summed E-state index contributed by atoms with van der Waals surface area (Å²) in [5.41, 5.74) is 1.05. The lowest BCUT2D eigenvalue weighted by Gasteiger charge is -2.62. The fourth-order valence-corrected chi connectivity index (χ4v) is 9.55. The quantitative estimate of drug-likeness (QED) is 0.644. The maximum Gasteiger partial charge on any atom is 0.168 e. The first-order valence-electron chi connectivity index (χ1n) is 12.8. The zero-order valence-electron chi connectivity index (χ0n) is 19.1. The Morgan fingerprint density at radius 3 is 2.41 bits per heavy atom. The van der Waals surface area contributed by atoms with Crippen molar-refractivity contribution >= 4 is 0 Å². The Morgan fingerprint density at radius 1 is 0.897 bits per heavy atom. The third-order valence-electron chi connectivity index (χ3n) is 11.1. The Morgan fingerprint density at radius 2 is 1.66 bits per heavy atom. The zero-order chi connectivity index (χ0) is 20.3. The van der Waals surface area contributed by atoms with Gasteiger partial charge in [0.1, 0.15) is 0 Å². The minimum atomic E-state index is -0.221. The fourth-order valence-electron chi connectivity index (χ4n) is 9.55. The van der Waals surface area contributed by atoms with E-state index in [0.29, 0.717) is 17.4 Å². The van der Waals surface area contributed by atoms with E-state index in [1.807, 2.05) is 0 Å². The van der Waals surface area contributed by atoms with Crippen LogP contribution in [0.5, 0.6) is 0 Å². The summed E-state index contributed by atoms with van der Waals surface area (Å²) in [7, 11) is 0. The molecule has 29 heavy (non-hydrogen) atoms. The van der Waals surface area contributed by atoms with Gasteiger partial charge in [-0.05, 0) is 104 Å². The van der Waals surface area contributed by atoms with Gasteiger partial charge in [-0.25, -0.2) is 0 Å². The van der Waals surface area contributed by atoms with Crippen molar-refractivity contribution in [1.29, 1.82) is 0 Å². The predicted molar refractivity (Wildman–Crippen MR) is 115 cm³/mol. The van der Waals surface area contributed by atoms with E-state index in [1.54, 1.807) is 0 Å². The fraction of sp³-hybridized carbons (Fsp3) is 1.00. The molecule has 1 N–H and O–H groups in total. The van der Waals surface area contributed by atoms with Gasteiger partial charge < -0.3 is 14.6 Å². The summed E-state index contributed by atoms with van der Waals surface area (Å²) in [5.74, 6) is 5.03. The van der Waals surface area contributed by atoms with Gasteiger partial charge in [0, 0.05) is 19.4 Å². The molecule has 4 saturated carbocycles. The van der Waals surface area contributed by atoms with Crippen LogP contribution in [0.1, 0.15) is 91.4 Å². The van der Waals surface area contributed by atoms with E-state index in [2.05, 4.69) is 20.8 Å². The van der Waals surface area contributed by atoms with Crippen molar-refractivity contribution in [2.75, 3.05) is 19.8 Å². The number of ether oxygens (including phenoxy) is 2. The van der Waals surface area contributed by atoms with Crippen molar-refractivity contribution in [2.24, 2.45) is 46.3 Å². The molecule has 0 bridgehead atoms. The average Bonchev–Trinajstić information content (AvgIpc) is 3.31. The summed E-state index contributed by atoms with van der Waals surface area (Å²) in [5, 5.41) is 9.31. The van der Waals surface area contributed by atoms with Gasteiger partial charge in [-0.2, -0.15) is 0 Å². The molecular formula is C26H44O3. The number of hydrogen-bond donors (Lipinski definition) is 1. The molecule has 3 heteroatoms. The highest BCUT2D eigenvalue weighted by Gasteiger charge is 2.62. The number of rotatable bonds is 4. The smallest absolute Gasteiger partial charge is 0.168 e. The third-order valence-corrected chi connectivity index (χ3v) is 11.1. The van der Waals surface area contributed by atoms with Crippen molar-refractivity contribution in [3.63, 3.8) is 0 Å². The first-order chi connectivity index (χ1) is 13.9. The van der Waals surface area contributed by atoms with Gasteiger partial charge in [0.15, 0.2) is 5.79 Å². The molecule has 1 aliphatic heterocycles. The van der Waals surface area contributed by atoms with Gasteiger partial charge in [-0.3, -0.25) is 0 Å². The van der Waals surface area contributed by atoms with Crippen LogP contribution >= 0.6 is 0 Å². The molecule has 4 unspecified atom stereocenters. The summed E-state index contributed by atoms with van der Waals surface area (Å²) in [6.45, 7) is 9.73. The Hall–Kier alpha value is -0.120. The Balaban J connectivity index is 1.33. The SMILES string of the molecule is CC(CCCO)[C@H]1CCC2C3CC[C@H]4CC5(CC[C@]4(C)C3CC[C@@]21C)OCCO5. The first-order valence-corrected chi connectivity index (χ1v) is 12.8. The molecule has 1 spiro atoms. The maximum atomic E-state index is 9.31. The molecule has 3 nitrogen and oxygen atoms in total. The van der Waals surface area contributed by atoms with Crippen LogP contribution in [0.3, 0.4) is 0 Å². The topological polar surface area (TPSA) is 38.7 Å². The van der Waals surface area contributed by atoms with Gasteiger partial charge >= 0.3 is 0 Å². The van der Waals surface area contributed by atoms with Crippen LogP contribution in [0.25, 0.3) is 0 Å². The first kappa shape index (κ1) is 20.8. The highest BCUT2D eigenvalue weighted by Crippen LogP contribution is 2.69. The van der Waals surface area contributed by atoms with E-state index in [-0.39, 0.29) is 5.79 Å². The minimum Gasteiger partial charge on any atom is -0.396 e. The second-order valence-electron chi connectivity index (χ2n) is 12.0. The lowest BCUT2D eigenvalue weighted by atomic mass is 9.44. The standard InChI is InChI=1S/C26H44O3/c1-18(5-4-14-27)21-8-9-22-20-7-6-19-17-26(28-15-16-29-26)13-12-24(19,2)23(20)10-11-25(21,22)3/h18-23,27H,4-17H2,1-3H3/t18?,19-,20?,21+,22?,23?,24-,25+/m0/s1. The molecule has 0 aromatic heterocycles. The van der Waals surface area contributed by atoms with Crippen molar-refractivity contribution in [1.82, 2.24) is 0 Å². The van der Waals surface area contributed by atoms with Crippen LogP contribution in [-0.2, 0) is 9.47 Å². The Labute approximate surface area is 178 Å². The summed E-state index contributed by atoms with van der Waals surface area (Å²) in [6.07, 6.45) is 14.4. The van der Waals surface area contributed by atoms with Gasteiger partial charge in [0.05, 0.1) is 13.2 Å². The molecule has 8 atom stereocenters. The van der Waals surface area contributed by atoms with Crippen molar-refractivity contribution < 1.29 is 14.6 Å². The van der Waals surface area contributed by atoms with E-state index in [0.717, 1.165) is 68.0 Å². The highest BCUT2D eigenvalue weighted by atomic mass is 16.7. The number of aliphatic hydroxyl groups is 1. The summed E-state index contributed by atoms with van der Waals surface area (Å²) in [4.78, 5) is 0. The van der Waals surface area contributed by atoms with Gasteiger partial charge in [0.25, 0.3) is 0 Å². The highest BCUT2D eigenvalue weighted by molar-refractivity contribution is 5.10. The molecule has 4 aliphatic carbocycles. The summed E-state index contributed by atoms with van der Waals surface area (Å²) in [6, 6.07) is 0. The second-order valence-corrected chi connectivity index (χ2v) is 12.0. The monoisotopic (exact) mass is 404 g/mol. The van der Waals surface area contributed by atoms with E-state index in [1.165, 1.54) is 51.4 Å². The van der Waals surface area contributed by atoms with Crippen LogP contribution in [0, 0.1) is 46.3 Å². The molecule has 5 fully saturated rings. The summed E-state index contributed by atoms with van der Waals surface area (Å²) < 4.78 is 12.3. The molecule has 5 rings (SSSR count). The molecular weight excluding hydrogens is 360 g/mol. The van der Waals surface area contributed by atoms with E-state index in [9.17, 15) is 5.11 Å². The van der Waals surface area contributed by atoms with Crippen LogP contribution in [0.4, 0.5) is 0 Å². The minimum absolute atomic E-state index is 0.221. The van der Waals surface area contributed by atoms with E-state index >= 15 is 0 Å². The predicted octanol–water partition coefficient (Wildman–Crippen LogP) is 5.80. The van der Waals surface area contributed by atoms with Crippen molar-refractivity contribution in [2.45, 2.75) is 97.2 Å². The van der Waals surface area contributed by atoms with E-state index in [4.69, 9.17) is 9.47 Å². The van der Waals surface area contributed by atoms with E-state index < -0.39 is 0 Å². The molecule has 166 valence electrons. The third kappa shape index (κ3) is 3.16. The number of aliphatic hydroxyl groups excluding tert-OH is 1. The van der Waals surface area contributed by atoms with Crippen molar-refractivity contribution in [3.8, 4) is 0 Å². The van der Waals surface area contributed by atoms with Crippen molar-refractivity contribution in [3.05, 3.63) is 0 Å². The number of hydrogen-bond acceptors (Lipinski definition) is 3. The molecule has 0 radical (unpaired) electrons. The van der Waals surface area contributed by atoms with Crippen LogP contribution in [-0.4, -0.2) is 30.7 Å². The molecule has 0 amide bonds. The second kappa shape index (κ2) is 7.48. The molecule has 1 heterocycles. The van der Waals surface area contributed by atoms with Crippen LogP contribution in [0.2, 0.25) is 0 Å². The van der Waals surface area contributed by atoms with Crippen LogP contribution in [0.15, 0.2) is 0 Å². The molecule has 0 aromatic rings. The van der Waals surface area contributed by atoms with Crippen LogP contribution < -0.4 is 0 Å². The Bertz CT molecular complexity index is 599. The average molecular weight is 405 g/mol. The van der Waals surface area contributed by atoms with Gasteiger partial charge in [-0.15, -0.1) is 0 Å².